The van der Waals surface area contributed by atoms with Crippen LogP contribution in [0, 0.1) is 0 Å². The molecule has 0 saturated heterocycles. The van der Waals surface area contributed by atoms with E-state index in [4.69, 9.17) is 10.2 Å². The summed E-state index contributed by atoms with van der Waals surface area (Å²) >= 11 is 0. The SMILES string of the molecule is CC(CCC(=O)O)=NN=C(C)CCC(=O)O. The average Bonchev–Trinajstić information content (AvgIpc) is 2.20. The van der Waals surface area contributed by atoms with Gasteiger partial charge in [0.05, 0.1) is 12.8 Å². The van der Waals surface area contributed by atoms with E-state index >= 15 is 0 Å². The van der Waals surface area contributed by atoms with Gasteiger partial charge in [0.2, 0.25) is 0 Å². The second kappa shape index (κ2) is 7.56. The van der Waals surface area contributed by atoms with Gasteiger partial charge < -0.3 is 10.2 Å². The molecule has 0 aromatic carbocycles. The zero-order chi connectivity index (χ0) is 12.6. The third kappa shape index (κ3) is 8.86. The minimum atomic E-state index is -0.874. The Labute approximate surface area is 93.7 Å². The number of carboxylic acids is 2. The highest BCUT2D eigenvalue weighted by molar-refractivity contribution is 5.88. The molecule has 0 aromatic rings. The zero-order valence-electron chi connectivity index (χ0n) is 9.43. The van der Waals surface area contributed by atoms with E-state index in [0.717, 1.165) is 0 Å². The van der Waals surface area contributed by atoms with Crippen molar-refractivity contribution < 1.29 is 19.8 Å². The van der Waals surface area contributed by atoms with Gasteiger partial charge in [0.15, 0.2) is 0 Å². The van der Waals surface area contributed by atoms with Gasteiger partial charge in [0, 0.05) is 11.4 Å². The van der Waals surface area contributed by atoms with Gasteiger partial charge in [0.1, 0.15) is 0 Å². The van der Waals surface area contributed by atoms with Gasteiger partial charge in [-0.05, 0) is 26.7 Å². The lowest BCUT2D eigenvalue weighted by Gasteiger charge is -1.96. The number of aliphatic carboxylic acids is 2. The minimum Gasteiger partial charge on any atom is -0.481 e. The molecule has 0 bridgehead atoms. The molecular weight excluding hydrogens is 212 g/mol. The Morgan fingerprint density at radius 1 is 0.812 bits per heavy atom. The molecule has 0 aliphatic carbocycles. The summed E-state index contributed by atoms with van der Waals surface area (Å²) in [6, 6.07) is 0. The van der Waals surface area contributed by atoms with E-state index in [-0.39, 0.29) is 12.8 Å². The van der Waals surface area contributed by atoms with E-state index < -0.39 is 11.9 Å². The van der Waals surface area contributed by atoms with E-state index in [1.807, 2.05) is 0 Å². The molecule has 0 aliphatic rings. The summed E-state index contributed by atoms with van der Waals surface area (Å²) < 4.78 is 0. The van der Waals surface area contributed by atoms with Crippen LogP contribution in [0.1, 0.15) is 39.5 Å². The highest BCUT2D eigenvalue weighted by Crippen LogP contribution is 1.97. The lowest BCUT2D eigenvalue weighted by atomic mass is 10.2. The number of hydrogen-bond acceptors (Lipinski definition) is 4. The standard InChI is InChI=1S/C10H16N2O4/c1-7(3-5-9(13)14)11-12-8(2)4-6-10(15)16/h3-6H2,1-2H3,(H,13,14)(H,15,16). The zero-order valence-corrected chi connectivity index (χ0v) is 9.43. The topological polar surface area (TPSA) is 99.3 Å². The van der Waals surface area contributed by atoms with E-state index in [1.165, 1.54) is 0 Å². The molecule has 16 heavy (non-hydrogen) atoms. The Balaban J connectivity index is 4.05. The van der Waals surface area contributed by atoms with Crippen molar-refractivity contribution in [3.05, 3.63) is 0 Å². The van der Waals surface area contributed by atoms with Crippen molar-refractivity contribution in [1.82, 2.24) is 0 Å². The van der Waals surface area contributed by atoms with Gasteiger partial charge in [0.25, 0.3) is 0 Å². The number of carboxylic acid groups (broad SMARTS) is 2. The van der Waals surface area contributed by atoms with Crippen LogP contribution in [0.4, 0.5) is 0 Å². The first-order valence-electron chi connectivity index (χ1n) is 4.92. The normalized spacial score (nSPS) is 12.6. The van der Waals surface area contributed by atoms with Crippen molar-refractivity contribution in [1.29, 1.82) is 0 Å². The summed E-state index contributed by atoms with van der Waals surface area (Å²) in [5.41, 5.74) is 1.24. The Hall–Kier alpha value is -1.72. The summed E-state index contributed by atoms with van der Waals surface area (Å²) in [6.07, 6.45) is 0.758. The van der Waals surface area contributed by atoms with Gasteiger partial charge in [-0.15, -0.1) is 0 Å². The highest BCUT2D eigenvalue weighted by Gasteiger charge is 2.00. The Morgan fingerprint density at radius 2 is 1.12 bits per heavy atom. The van der Waals surface area contributed by atoms with Crippen LogP contribution in [-0.2, 0) is 9.59 Å². The largest absolute Gasteiger partial charge is 0.481 e. The third-order valence-corrected chi connectivity index (χ3v) is 1.79. The molecule has 0 spiro atoms. The quantitative estimate of drug-likeness (QED) is 0.510. The van der Waals surface area contributed by atoms with Gasteiger partial charge >= 0.3 is 11.9 Å². The van der Waals surface area contributed by atoms with Crippen molar-refractivity contribution in [2.75, 3.05) is 0 Å². The fourth-order valence-corrected chi connectivity index (χ4v) is 0.846. The van der Waals surface area contributed by atoms with Crippen LogP contribution in [-0.4, -0.2) is 33.6 Å². The van der Waals surface area contributed by atoms with Crippen LogP contribution in [0.5, 0.6) is 0 Å². The van der Waals surface area contributed by atoms with E-state index in [0.29, 0.717) is 24.3 Å². The van der Waals surface area contributed by atoms with Gasteiger partial charge in [-0.2, -0.15) is 10.2 Å². The highest BCUT2D eigenvalue weighted by atomic mass is 16.4. The molecule has 0 radical (unpaired) electrons. The van der Waals surface area contributed by atoms with Crippen LogP contribution >= 0.6 is 0 Å². The van der Waals surface area contributed by atoms with E-state index in [9.17, 15) is 9.59 Å². The monoisotopic (exact) mass is 228 g/mol. The van der Waals surface area contributed by atoms with Crippen LogP contribution in [0.25, 0.3) is 0 Å². The molecule has 0 fully saturated rings. The first-order valence-corrected chi connectivity index (χ1v) is 4.92. The number of carbonyl (C=O) groups is 2. The lowest BCUT2D eigenvalue weighted by molar-refractivity contribution is -0.137. The molecule has 0 amide bonds. The molecule has 6 heteroatoms. The molecule has 0 aromatic heterocycles. The summed E-state index contributed by atoms with van der Waals surface area (Å²) in [4.78, 5) is 20.5. The molecule has 0 aliphatic heterocycles. The Morgan fingerprint density at radius 3 is 1.38 bits per heavy atom. The molecule has 0 saturated carbocycles. The average molecular weight is 228 g/mol. The van der Waals surface area contributed by atoms with Gasteiger partial charge in [-0.25, -0.2) is 0 Å². The molecule has 0 heterocycles. The van der Waals surface area contributed by atoms with Crippen molar-refractivity contribution in [2.45, 2.75) is 39.5 Å². The summed E-state index contributed by atoms with van der Waals surface area (Å²) in [5.74, 6) is -1.75. The molecule has 90 valence electrons. The van der Waals surface area contributed by atoms with Crippen LogP contribution < -0.4 is 0 Å². The summed E-state index contributed by atoms with van der Waals surface area (Å²) in [5, 5.41) is 24.5. The van der Waals surface area contributed by atoms with E-state index in [2.05, 4.69) is 10.2 Å². The third-order valence-electron chi connectivity index (χ3n) is 1.79. The fraction of sp³-hybridized carbons (Fsp3) is 0.600. The summed E-state index contributed by atoms with van der Waals surface area (Å²) in [7, 11) is 0. The molecule has 0 unspecified atom stereocenters. The minimum absolute atomic E-state index is 0.0268. The van der Waals surface area contributed by atoms with Crippen molar-refractivity contribution in [2.24, 2.45) is 10.2 Å². The Kier molecular flexibility index (Phi) is 6.74. The first kappa shape index (κ1) is 14.3. The number of nitrogens with zero attached hydrogens (tertiary/aromatic N) is 2. The van der Waals surface area contributed by atoms with Crippen LogP contribution in [0.3, 0.4) is 0 Å². The predicted molar refractivity (Wildman–Crippen MR) is 60.0 cm³/mol. The van der Waals surface area contributed by atoms with Crippen molar-refractivity contribution in [3.63, 3.8) is 0 Å². The molecule has 0 atom stereocenters. The summed E-state index contributed by atoms with van der Waals surface area (Å²) in [6.45, 7) is 3.38. The maximum atomic E-state index is 10.3. The lowest BCUT2D eigenvalue weighted by Crippen LogP contribution is -2.01. The van der Waals surface area contributed by atoms with Crippen LogP contribution in [0.15, 0.2) is 10.2 Å². The number of rotatable bonds is 7. The number of hydrogen-bond donors (Lipinski definition) is 2. The van der Waals surface area contributed by atoms with Crippen LogP contribution in [0.2, 0.25) is 0 Å². The predicted octanol–water partition coefficient (Wildman–Crippen LogP) is 1.55. The molecule has 2 N–H and O–H groups in total. The molecule has 6 nitrogen and oxygen atoms in total. The maximum absolute atomic E-state index is 10.3. The molecule has 0 rings (SSSR count). The second-order valence-electron chi connectivity index (χ2n) is 3.46. The van der Waals surface area contributed by atoms with Gasteiger partial charge in [-0.1, -0.05) is 0 Å². The molecular formula is C10H16N2O4. The van der Waals surface area contributed by atoms with Gasteiger partial charge in [-0.3, -0.25) is 9.59 Å². The van der Waals surface area contributed by atoms with E-state index in [1.54, 1.807) is 13.8 Å². The second-order valence-corrected chi connectivity index (χ2v) is 3.46. The van der Waals surface area contributed by atoms with Crippen molar-refractivity contribution in [3.8, 4) is 0 Å². The first-order chi connectivity index (χ1) is 7.41. The maximum Gasteiger partial charge on any atom is 0.303 e. The fourth-order valence-electron chi connectivity index (χ4n) is 0.846. The Bertz CT molecular complexity index is 289. The van der Waals surface area contributed by atoms with Crippen molar-refractivity contribution >= 4 is 23.4 Å². The smallest absolute Gasteiger partial charge is 0.303 e.